The lowest BCUT2D eigenvalue weighted by molar-refractivity contribution is 0.176. The van der Waals surface area contributed by atoms with Crippen molar-refractivity contribution in [1.29, 1.82) is 0 Å². The van der Waals surface area contributed by atoms with Crippen molar-refractivity contribution in [3.05, 3.63) is 70.1 Å². The van der Waals surface area contributed by atoms with Crippen LogP contribution in [-0.2, 0) is 6.54 Å². The SMILES string of the molecule is C[C@H](NC(=S)N1C[C@H]2C[C@H](C1)c1cccc(=O)n1C2)c1ccccc1. The summed E-state index contributed by atoms with van der Waals surface area (Å²) in [6, 6.07) is 16.2. The molecule has 0 saturated carbocycles. The van der Waals surface area contributed by atoms with E-state index in [1.54, 1.807) is 6.07 Å². The van der Waals surface area contributed by atoms with Crippen LogP contribution >= 0.6 is 12.2 Å². The molecular weight excluding hydrogens is 330 g/mol. The van der Waals surface area contributed by atoms with Crippen LogP contribution < -0.4 is 10.9 Å². The molecule has 0 spiro atoms. The Hall–Kier alpha value is -2.14. The lowest BCUT2D eigenvalue weighted by Gasteiger charge is -2.44. The molecule has 130 valence electrons. The molecule has 1 saturated heterocycles. The zero-order valence-electron chi connectivity index (χ0n) is 14.4. The standard InChI is InChI=1S/C20H23N3OS/c1-14(16-6-3-2-4-7-16)21-20(25)22-11-15-10-17(13-22)18-8-5-9-19(24)23(18)12-15/h2-9,14-15,17H,10-13H2,1H3,(H,21,25)/t14-,15+,17+/m0/s1. The molecule has 2 aromatic rings. The van der Waals surface area contributed by atoms with E-state index >= 15 is 0 Å². The van der Waals surface area contributed by atoms with Crippen molar-refractivity contribution >= 4 is 17.3 Å². The monoisotopic (exact) mass is 353 g/mol. The number of benzene rings is 1. The van der Waals surface area contributed by atoms with Gasteiger partial charge in [0.05, 0.1) is 6.04 Å². The van der Waals surface area contributed by atoms with Gasteiger partial charge in [0.25, 0.3) is 5.56 Å². The van der Waals surface area contributed by atoms with Gasteiger partial charge in [-0.2, -0.15) is 0 Å². The van der Waals surface area contributed by atoms with Crippen LogP contribution in [0, 0.1) is 5.92 Å². The fourth-order valence-electron chi connectivity index (χ4n) is 4.16. The zero-order valence-corrected chi connectivity index (χ0v) is 15.2. The predicted octanol–water partition coefficient (Wildman–Crippen LogP) is 2.90. The first-order valence-electron chi connectivity index (χ1n) is 8.92. The third-order valence-corrected chi connectivity index (χ3v) is 5.78. The highest BCUT2D eigenvalue weighted by molar-refractivity contribution is 7.80. The quantitative estimate of drug-likeness (QED) is 0.843. The second kappa shape index (κ2) is 6.64. The normalized spacial score (nSPS) is 22.8. The first kappa shape index (κ1) is 16.3. The van der Waals surface area contributed by atoms with Crippen LogP contribution in [0.25, 0.3) is 0 Å². The van der Waals surface area contributed by atoms with Gasteiger partial charge in [-0.15, -0.1) is 0 Å². The van der Waals surface area contributed by atoms with E-state index in [2.05, 4.69) is 47.5 Å². The molecule has 1 aromatic carbocycles. The molecule has 1 aromatic heterocycles. The van der Waals surface area contributed by atoms with Crippen LogP contribution in [0.2, 0.25) is 0 Å². The van der Waals surface area contributed by atoms with Crippen LogP contribution in [0.4, 0.5) is 0 Å². The number of nitrogens with one attached hydrogen (secondary N) is 1. The van der Waals surface area contributed by atoms with E-state index in [0.29, 0.717) is 11.8 Å². The maximum atomic E-state index is 12.1. The molecule has 4 rings (SSSR count). The highest BCUT2D eigenvalue weighted by Crippen LogP contribution is 2.35. The molecular formula is C20H23N3OS. The minimum Gasteiger partial charge on any atom is -0.356 e. The zero-order chi connectivity index (χ0) is 17.4. The van der Waals surface area contributed by atoms with Crippen LogP contribution in [0.3, 0.4) is 0 Å². The van der Waals surface area contributed by atoms with Crippen molar-refractivity contribution in [3.63, 3.8) is 0 Å². The Balaban J connectivity index is 1.48. The Morgan fingerprint density at radius 1 is 1.12 bits per heavy atom. The van der Waals surface area contributed by atoms with Crippen molar-refractivity contribution < 1.29 is 0 Å². The van der Waals surface area contributed by atoms with Crippen molar-refractivity contribution in [2.75, 3.05) is 13.1 Å². The minimum atomic E-state index is 0.124. The van der Waals surface area contributed by atoms with E-state index in [1.807, 2.05) is 16.7 Å². The van der Waals surface area contributed by atoms with E-state index in [9.17, 15) is 4.79 Å². The van der Waals surface area contributed by atoms with Gasteiger partial charge < -0.3 is 14.8 Å². The van der Waals surface area contributed by atoms with E-state index in [-0.39, 0.29) is 11.6 Å². The van der Waals surface area contributed by atoms with Gasteiger partial charge in [-0.05, 0) is 43.1 Å². The number of likely N-dealkylation sites (tertiary alicyclic amines) is 1. The largest absolute Gasteiger partial charge is 0.356 e. The molecule has 4 nitrogen and oxygen atoms in total. The van der Waals surface area contributed by atoms with Crippen LogP contribution in [-0.4, -0.2) is 27.7 Å². The number of thiocarbonyl (C=S) groups is 1. The molecule has 1 N–H and O–H groups in total. The molecule has 0 unspecified atom stereocenters. The van der Waals surface area contributed by atoms with Gasteiger partial charge in [-0.1, -0.05) is 36.4 Å². The van der Waals surface area contributed by atoms with E-state index in [1.165, 1.54) is 5.56 Å². The summed E-state index contributed by atoms with van der Waals surface area (Å²) in [7, 11) is 0. The number of rotatable bonds is 2. The number of pyridine rings is 1. The number of hydrogen-bond acceptors (Lipinski definition) is 2. The third kappa shape index (κ3) is 3.21. The molecule has 25 heavy (non-hydrogen) atoms. The summed E-state index contributed by atoms with van der Waals surface area (Å²) < 4.78 is 1.96. The smallest absolute Gasteiger partial charge is 0.250 e. The maximum absolute atomic E-state index is 12.1. The summed E-state index contributed by atoms with van der Waals surface area (Å²) in [4.78, 5) is 14.4. The number of piperidine rings is 1. The molecule has 5 heteroatoms. The first-order chi connectivity index (χ1) is 12.1. The predicted molar refractivity (Wildman–Crippen MR) is 104 cm³/mol. The summed E-state index contributed by atoms with van der Waals surface area (Å²) in [6.07, 6.45) is 1.15. The van der Waals surface area contributed by atoms with Crippen LogP contribution in [0.1, 0.15) is 36.6 Å². The summed E-state index contributed by atoms with van der Waals surface area (Å²) in [5, 5.41) is 4.30. The van der Waals surface area contributed by atoms with E-state index in [0.717, 1.165) is 36.9 Å². The highest BCUT2D eigenvalue weighted by Gasteiger charge is 2.35. The highest BCUT2D eigenvalue weighted by atomic mass is 32.1. The lowest BCUT2D eigenvalue weighted by Crippen LogP contribution is -2.52. The van der Waals surface area contributed by atoms with Gasteiger partial charge in [0.1, 0.15) is 0 Å². The van der Waals surface area contributed by atoms with Gasteiger partial charge in [0.2, 0.25) is 0 Å². The number of aromatic nitrogens is 1. The Morgan fingerprint density at radius 2 is 1.92 bits per heavy atom. The summed E-state index contributed by atoms with van der Waals surface area (Å²) in [5.74, 6) is 0.867. The molecule has 1 fully saturated rings. The van der Waals surface area contributed by atoms with Crippen molar-refractivity contribution in [2.24, 2.45) is 5.92 Å². The number of hydrogen-bond donors (Lipinski definition) is 1. The maximum Gasteiger partial charge on any atom is 0.250 e. The van der Waals surface area contributed by atoms with Gasteiger partial charge in [0.15, 0.2) is 5.11 Å². The van der Waals surface area contributed by atoms with Crippen LogP contribution in [0.5, 0.6) is 0 Å². The molecule has 2 aliphatic rings. The Kier molecular flexibility index (Phi) is 4.34. The number of nitrogens with zero attached hydrogens (tertiary/aromatic N) is 2. The van der Waals surface area contributed by atoms with Gasteiger partial charge in [0, 0.05) is 37.3 Å². The van der Waals surface area contributed by atoms with Crippen molar-refractivity contribution in [3.8, 4) is 0 Å². The topological polar surface area (TPSA) is 37.3 Å². The molecule has 2 aliphatic heterocycles. The van der Waals surface area contributed by atoms with Crippen LogP contribution in [0.15, 0.2) is 53.3 Å². The van der Waals surface area contributed by atoms with Crippen molar-refractivity contribution in [2.45, 2.75) is 31.8 Å². The minimum absolute atomic E-state index is 0.124. The molecule has 0 aliphatic carbocycles. The van der Waals surface area contributed by atoms with E-state index in [4.69, 9.17) is 12.2 Å². The Morgan fingerprint density at radius 3 is 2.72 bits per heavy atom. The summed E-state index contributed by atoms with van der Waals surface area (Å²) in [6.45, 7) is 4.75. The Bertz CT molecular complexity index is 832. The third-order valence-electron chi connectivity index (χ3n) is 5.41. The molecule has 3 heterocycles. The summed E-state index contributed by atoms with van der Waals surface area (Å²) in [5.41, 5.74) is 2.52. The van der Waals surface area contributed by atoms with Gasteiger partial charge >= 0.3 is 0 Å². The fraction of sp³-hybridized carbons (Fsp3) is 0.400. The second-order valence-corrected chi connectivity index (χ2v) is 7.57. The van der Waals surface area contributed by atoms with Gasteiger partial charge in [-0.25, -0.2) is 0 Å². The lowest BCUT2D eigenvalue weighted by atomic mass is 9.83. The average Bonchev–Trinajstić information content (AvgIpc) is 2.63. The van der Waals surface area contributed by atoms with Gasteiger partial charge in [-0.3, -0.25) is 4.79 Å². The number of fused-ring (bicyclic) bond motifs is 4. The molecule has 0 amide bonds. The molecule has 3 atom stereocenters. The second-order valence-electron chi connectivity index (χ2n) is 7.18. The average molecular weight is 353 g/mol. The first-order valence-corrected chi connectivity index (χ1v) is 9.33. The fourth-order valence-corrected chi connectivity index (χ4v) is 4.49. The summed E-state index contributed by atoms with van der Waals surface area (Å²) >= 11 is 5.70. The molecule has 0 radical (unpaired) electrons. The van der Waals surface area contributed by atoms with Crippen molar-refractivity contribution in [1.82, 2.24) is 14.8 Å². The molecule has 2 bridgehead atoms. The Labute approximate surface area is 153 Å². The van der Waals surface area contributed by atoms with E-state index < -0.39 is 0 Å².